The Morgan fingerprint density at radius 2 is 1.69 bits per heavy atom. The van der Waals surface area contributed by atoms with E-state index in [9.17, 15) is 18.0 Å². The van der Waals surface area contributed by atoms with Crippen LogP contribution in [0, 0.1) is 20.8 Å². The van der Waals surface area contributed by atoms with Crippen molar-refractivity contribution in [2.75, 3.05) is 11.9 Å². The van der Waals surface area contributed by atoms with Gasteiger partial charge in [-0.3, -0.25) is 4.79 Å². The zero-order chi connectivity index (χ0) is 19.5. The minimum atomic E-state index is -3.87. The lowest BCUT2D eigenvalue weighted by Gasteiger charge is -2.11. The van der Waals surface area contributed by atoms with Gasteiger partial charge in [0.25, 0.3) is 5.91 Å². The molecule has 0 heterocycles. The standard InChI is InChI=1S/C18H20N2O5S/c1-11-7-12(2)17(13(3)8-11)18(22)25-10-16(21)20-14-5-4-6-15(9-14)26(19,23)24/h4-9H,10H2,1-3H3,(H,20,21)(H2,19,23,24). The van der Waals surface area contributed by atoms with Crippen LogP contribution in [0.15, 0.2) is 41.3 Å². The number of ether oxygens (including phenoxy) is 1. The summed E-state index contributed by atoms with van der Waals surface area (Å²) in [6, 6.07) is 9.21. The molecule has 2 aromatic carbocycles. The SMILES string of the molecule is Cc1cc(C)c(C(=O)OCC(=O)Nc2cccc(S(N)(=O)=O)c2)c(C)c1. The van der Waals surface area contributed by atoms with E-state index >= 15 is 0 Å². The third-order valence-corrected chi connectivity index (χ3v) is 4.57. The van der Waals surface area contributed by atoms with E-state index in [1.807, 2.05) is 19.1 Å². The van der Waals surface area contributed by atoms with Gasteiger partial charge in [0.2, 0.25) is 10.0 Å². The number of carbonyl (C=O) groups excluding carboxylic acids is 2. The lowest BCUT2D eigenvalue weighted by molar-refractivity contribution is -0.119. The zero-order valence-corrected chi connectivity index (χ0v) is 15.5. The predicted molar refractivity (Wildman–Crippen MR) is 97.4 cm³/mol. The Hall–Kier alpha value is -2.71. The maximum Gasteiger partial charge on any atom is 0.339 e. The second-order valence-electron chi connectivity index (χ2n) is 5.97. The fourth-order valence-corrected chi connectivity index (χ4v) is 3.21. The maximum atomic E-state index is 12.2. The molecule has 0 aromatic heterocycles. The molecule has 0 radical (unpaired) electrons. The van der Waals surface area contributed by atoms with E-state index < -0.39 is 28.5 Å². The molecule has 1 amide bonds. The van der Waals surface area contributed by atoms with E-state index in [2.05, 4.69) is 5.32 Å². The minimum Gasteiger partial charge on any atom is -0.452 e. The summed E-state index contributed by atoms with van der Waals surface area (Å²) in [5.41, 5.74) is 3.24. The van der Waals surface area contributed by atoms with Gasteiger partial charge in [0, 0.05) is 5.69 Å². The molecule has 2 aromatic rings. The molecule has 0 spiro atoms. The Bertz CT molecular complexity index is 944. The summed E-state index contributed by atoms with van der Waals surface area (Å²) in [6.07, 6.45) is 0. The van der Waals surface area contributed by atoms with Crippen molar-refractivity contribution in [3.05, 3.63) is 58.7 Å². The smallest absolute Gasteiger partial charge is 0.339 e. The van der Waals surface area contributed by atoms with Crippen LogP contribution in [0.4, 0.5) is 5.69 Å². The first-order valence-corrected chi connectivity index (χ1v) is 9.30. The van der Waals surface area contributed by atoms with Crippen LogP contribution in [-0.4, -0.2) is 26.9 Å². The van der Waals surface area contributed by atoms with Crippen molar-refractivity contribution >= 4 is 27.6 Å². The van der Waals surface area contributed by atoms with Crippen molar-refractivity contribution in [3.63, 3.8) is 0 Å². The summed E-state index contributed by atoms with van der Waals surface area (Å²) < 4.78 is 27.7. The molecule has 3 N–H and O–H groups in total. The quantitative estimate of drug-likeness (QED) is 0.775. The second-order valence-corrected chi connectivity index (χ2v) is 7.53. The molecular weight excluding hydrogens is 356 g/mol. The average Bonchev–Trinajstić information content (AvgIpc) is 2.51. The number of primary sulfonamides is 1. The molecule has 0 aliphatic carbocycles. The van der Waals surface area contributed by atoms with Gasteiger partial charge >= 0.3 is 5.97 Å². The minimum absolute atomic E-state index is 0.127. The van der Waals surface area contributed by atoms with Crippen molar-refractivity contribution in [1.82, 2.24) is 0 Å². The fraction of sp³-hybridized carbons (Fsp3) is 0.222. The number of carbonyl (C=O) groups is 2. The van der Waals surface area contributed by atoms with Crippen molar-refractivity contribution < 1.29 is 22.7 Å². The maximum absolute atomic E-state index is 12.2. The molecule has 7 nitrogen and oxygen atoms in total. The van der Waals surface area contributed by atoms with E-state index in [4.69, 9.17) is 9.88 Å². The Balaban J connectivity index is 2.03. The molecule has 0 aliphatic rings. The number of rotatable bonds is 5. The lowest BCUT2D eigenvalue weighted by Crippen LogP contribution is -2.22. The summed E-state index contributed by atoms with van der Waals surface area (Å²) in [5, 5.41) is 7.51. The second kappa shape index (κ2) is 7.67. The molecule has 0 atom stereocenters. The monoisotopic (exact) mass is 376 g/mol. The molecule has 0 bridgehead atoms. The van der Waals surface area contributed by atoms with Crippen molar-refractivity contribution in [3.8, 4) is 0 Å². The van der Waals surface area contributed by atoms with Gasteiger partial charge in [-0.15, -0.1) is 0 Å². The molecule has 0 unspecified atom stereocenters. The highest BCUT2D eigenvalue weighted by Gasteiger charge is 2.16. The summed E-state index contributed by atoms with van der Waals surface area (Å²) in [7, 11) is -3.87. The number of esters is 1. The van der Waals surface area contributed by atoms with Crippen molar-refractivity contribution in [2.24, 2.45) is 5.14 Å². The summed E-state index contributed by atoms with van der Waals surface area (Å²) in [5.74, 6) is -1.18. The number of amides is 1. The third kappa shape index (κ3) is 4.90. The van der Waals surface area contributed by atoms with Crippen LogP contribution in [-0.2, 0) is 19.6 Å². The number of anilines is 1. The van der Waals surface area contributed by atoms with E-state index in [0.29, 0.717) is 5.56 Å². The van der Waals surface area contributed by atoms with Crippen LogP contribution >= 0.6 is 0 Å². The number of nitrogens with one attached hydrogen (secondary N) is 1. The molecule has 8 heteroatoms. The average molecular weight is 376 g/mol. The Morgan fingerprint density at radius 1 is 1.08 bits per heavy atom. The van der Waals surface area contributed by atoms with Crippen LogP contribution in [0.5, 0.6) is 0 Å². The Labute approximate surface area is 152 Å². The van der Waals surface area contributed by atoms with E-state index in [1.165, 1.54) is 24.3 Å². The van der Waals surface area contributed by atoms with Crippen molar-refractivity contribution in [2.45, 2.75) is 25.7 Å². The van der Waals surface area contributed by atoms with Gasteiger partial charge in [0.15, 0.2) is 6.61 Å². The fourth-order valence-electron chi connectivity index (χ4n) is 2.65. The first-order chi connectivity index (χ1) is 12.1. The lowest BCUT2D eigenvalue weighted by atomic mass is 10.00. The number of hydrogen-bond donors (Lipinski definition) is 2. The van der Waals surface area contributed by atoms with Gasteiger partial charge in [0.1, 0.15) is 0 Å². The normalized spacial score (nSPS) is 11.1. The number of hydrogen-bond acceptors (Lipinski definition) is 5. The van der Waals surface area contributed by atoms with Crippen LogP contribution in [0.1, 0.15) is 27.0 Å². The predicted octanol–water partition coefficient (Wildman–Crippen LogP) is 2.05. The van der Waals surface area contributed by atoms with Crippen LogP contribution in [0.2, 0.25) is 0 Å². The van der Waals surface area contributed by atoms with E-state index in [1.54, 1.807) is 13.8 Å². The van der Waals surface area contributed by atoms with Gasteiger partial charge in [-0.05, 0) is 50.1 Å². The molecule has 2 rings (SSSR count). The highest BCUT2D eigenvalue weighted by Crippen LogP contribution is 2.18. The third-order valence-electron chi connectivity index (χ3n) is 3.66. The highest BCUT2D eigenvalue weighted by molar-refractivity contribution is 7.89. The van der Waals surface area contributed by atoms with E-state index in [-0.39, 0.29) is 10.6 Å². The summed E-state index contributed by atoms with van der Waals surface area (Å²) in [6.45, 7) is 5.04. The first kappa shape index (κ1) is 19.6. The molecule has 26 heavy (non-hydrogen) atoms. The molecule has 0 fully saturated rings. The first-order valence-electron chi connectivity index (χ1n) is 7.75. The van der Waals surface area contributed by atoms with E-state index in [0.717, 1.165) is 16.7 Å². The number of benzene rings is 2. The van der Waals surface area contributed by atoms with Gasteiger partial charge in [-0.25, -0.2) is 18.4 Å². The van der Waals surface area contributed by atoms with Crippen molar-refractivity contribution in [1.29, 1.82) is 0 Å². The van der Waals surface area contributed by atoms with Crippen LogP contribution < -0.4 is 10.5 Å². The Morgan fingerprint density at radius 3 is 2.27 bits per heavy atom. The zero-order valence-electron chi connectivity index (χ0n) is 14.7. The van der Waals surface area contributed by atoms with Gasteiger partial charge < -0.3 is 10.1 Å². The van der Waals surface area contributed by atoms with Gasteiger partial charge in [-0.2, -0.15) is 0 Å². The number of sulfonamides is 1. The van der Waals surface area contributed by atoms with Crippen LogP contribution in [0.25, 0.3) is 0 Å². The van der Waals surface area contributed by atoms with Gasteiger partial charge in [0.05, 0.1) is 10.5 Å². The molecule has 0 saturated heterocycles. The van der Waals surface area contributed by atoms with Crippen LogP contribution in [0.3, 0.4) is 0 Å². The molecule has 0 aliphatic heterocycles. The number of aryl methyl sites for hydroxylation is 3. The number of nitrogens with two attached hydrogens (primary N) is 1. The summed E-state index contributed by atoms with van der Waals surface area (Å²) >= 11 is 0. The molecule has 0 saturated carbocycles. The highest BCUT2D eigenvalue weighted by atomic mass is 32.2. The topological polar surface area (TPSA) is 116 Å². The van der Waals surface area contributed by atoms with Gasteiger partial charge in [-0.1, -0.05) is 23.8 Å². The molecule has 138 valence electrons. The molecular formula is C18H20N2O5S. The largest absolute Gasteiger partial charge is 0.452 e. The Kier molecular flexibility index (Phi) is 5.79. The summed E-state index contributed by atoms with van der Waals surface area (Å²) in [4.78, 5) is 24.1.